The Hall–Kier alpha value is -4.06. The number of ether oxygens (including phenoxy) is 1. The number of fused-ring (bicyclic) bond motifs is 1. The van der Waals surface area contributed by atoms with Crippen molar-refractivity contribution in [3.05, 3.63) is 90.6 Å². The smallest absolute Gasteiger partial charge is 0.410 e. The number of aromatic nitrogens is 1. The Morgan fingerprint density at radius 2 is 1.76 bits per heavy atom. The second-order valence-corrected chi connectivity index (χ2v) is 8.24. The molecule has 0 unspecified atom stereocenters. The second-order valence-electron chi connectivity index (χ2n) is 8.24. The fraction of sp³-hybridized carbons (Fsp3) is 0.185. The lowest BCUT2D eigenvalue weighted by Gasteiger charge is -2.23. The van der Waals surface area contributed by atoms with Crippen LogP contribution in [0, 0.1) is 0 Å². The summed E-state index contributed by atoms with van der Waals surface area (Å²) >= 11 is 0. The van der Waals surface area contributed by atoms with Crippen LogP contribution >= 0.6 is 0 Å². The summed E-state index contributed by atoms with van der Waals surface area (Å²) in [6, 6.07) is 25.1. The lowest BCUT2D eigenvalue weighted by molar-refractivity contribution is -0.120. The van der Waals surface area contributed by atoms with Crippen LogP contribution in [0.5, 0.6) is 0 Å². The highest BCUT2D eigenvalue weighted by atomic mass is 16.6. The number of H-pyrrole nitrogens is 1. The summed E-state index contributed by atoms with van der Waals surface area (Å²) in [6.45, 7) is 0.715. The maximum atomic E-state index is 12.9. The van der Waals surface area contributed by atoms with E-state index in [4.69, 9.17) is 4.74 Å². The average Bonchev–Trinajstić information content (AvgIpc) is 3.53. The van der Waals surface area contributed by atoms with Crippen LogP contribution < -0.4 is 5.32 Å². The van der Waals surface area contributed by atoms with E-state index in [0.29, 0.717) is 18.7 Å². The third kappa shape index (κ3) is 4.60. The number of likely N-dealkylation sites (tertiary alicyclic amines) is 1. The van der Waals surface area contributed by atoms with Crippen molar-refractivity contribution in [3.8, 4) is 11.1 Å². The summed E-state index contributed by atoms with van der Waals surface area (Å²) < 4.78 is 5.44. The topological polar surface area (TPSA) is 74.4 Å². The number of hydrogen-bond donors (Lipinski definition) is 2. The summed E-state index contributed by atoms with van der Waals surface area (Å²) in [7, 11) is 0. The first-order valence-electron chi connectivity index (χ1n) is 11.1. The van der Waals surface area contributed by atoms with Crippen LogP contribution in [-0.2, 0) is 16.1 Å². The van der Waals surface area contributed by atoms with Crippen molar-refractivity contribution in [2.24, 2.45) is 0 Å². The van der Waals surface area contributed by atoms with Crippen molar-refractivity contribution in [2.45, 2.75) is 25.5 Å². The molecule has 2 amide bonds. The highest BCUT2D eigenvalue weighted by molar-refractivity contribution is 5.97. The molecule has 1 fully saturated rings. The van der Waals surface area contributed by atoms with Gasteiger partial charge in [0.2, 0.25) is 5.91 Å². The molecule has 33 heavy (non-hydrogen) atoms. The zero-order valence-electron chi connectivity index (χ0n) is 18.2. The predicted molar refractivity (Wildman–Crippen MR) is 129 cm³/mol. The first-order chi connectivity index (χ1) is 16.2. The van der Waals surface area contributed by atoms with E-state index in [9.17, 15) is 9.59 Å². The Kier molecular flexibility index (Phi) is 5.81. The van der Waals surface area contributed by atoms with Gasteiger partial charge in [-0.15, -0.1) is 0 Å². The number of carbonyl (C=O) groups is 2. The Balaban J connectivity index is 1.21. The van der Waals surface area contributed by atoms with Crippen LogP contribution in [0.25, 0.3) is 22.0 Å². The molecular formula is C27H25N3O3. The molecule has 6 heteroatoms. The standard InChI is InChI=1S/C27H25N3O3/c31-26(25-7-4-16-30(25)27(32)33-18-19-5-2-1-3-6-19)29-23-11-8-20(9-12-23)21-10-13-24-22(17-21)14-15-28-24/h1-3,5-6,8-15,17,25,28H,4,7,16,18H2,(H,29,31)/t25-/m0/s1. The summed E-state index contributed by atoms with van der Waals surface area (Å²) in [4.78, 5) is 30.2. The normalized spacial score (nSPS) is 15.5. The fourth-order valence-electron chi connectivity index (χ4n) is 4.26. The molecule has 0 spiro atoms. The lowest BCUT2D eigenvalue weighted by atomic mass is 10.0. The molecule has 6 nitrogen and oxygen atoms in total. The van der Waals surface area contributed by atoms with Crippen LogP contribution in [-0.4, -0.2) is 34.5 Å². The van der Waals surface area contributed by atoms with Crippen LogP contribution in [0.2, 0.25) is 0 Å². The minimum absolute atomic E-state index is 0.189. The number of anilines is 1. The molecular weight excluding hydrogens is 414 g/mol. The van der Waals surface area contributed by atoms with E-state index in [2.05, 4.69) is 28.5 Å². The average molecular weight is 440 g/mol. The summed E-state index contributed by atoms with van der Waals surface area (Å²) in [6.07, 6.45) is 2.88. The van der Waals surface area contributed by atoms with Crippen molar-refractivity contribution in [1.29, 1.82) is 0 Å². The molecule has 1 aliphatic rings. The van der Waals surface area contributed by atoms with E-state index in [1.807, 2.05) is 66.9 Å². The van der Waals surface area contributed by atoms with E-state index in [0.717, 1.165) is 34.0 Å². The number of rotatable bonds is 5. The number of hydrogen-bond acceptors (Lipinski definition) is 3. The van der Waals surface area contributed by atoms with Crippen LogP contribution in [0.4, 0.5) is 10.5 Å². The monoisotopic (exact) mass is 439 g/mol. The Labute approximate surface area is 192 Å². The third-order valence-electron chi connectivity index (χ3n) is 6.03. The molecule has 166 valence electrons. The van der Waals surface area contributed by atoms with Crippen molar-refractivity contribution in [3.63, 3.8) is 0 Å². The SMILES string of the molecule is O=C(Nc1ccc(-c2ccc3[nH]ccc3c2)cc1)[C@@H]1CCCN1C(=O)OCc1ccccc1. The highest BCUT2D eigenvalue weighted by Crippen LogP contribution is 2.26. The molecule has 0 radical (unpaired) electrons. The van der Waals surface area contributed by atoms with Gasteiger partial charge < -0.3 is 15.0 Å². The molecule has 1 atom stereocenters. The second kappa shape index (κ2) is 9.20. The molecule has 5 rings (SSSR count). The van der Waals surface area contributed by atoms with Crippen LogP contribution in [0.1, 0.15) is 18.4 Å². The summed E-state index contributed by atoms with van der Waals surface area (Å²) in [5.41, 5.74) is 4.91. The summed E-state index contributed by atoms with van der Waals surface area (Å²) in [5.74, 6) is -0.189. The van der Waals surface area contributed by atoms with E-state index in [-0.39, 0.29) is 12.5 Å². The molecule has 1 saturated heterocycles. The number of nitrogens with one attached hydrogen (secondary N) is 2. The van der Waals surface area contributed by atoms with Gasteiger partial charge in [-0.1, -0.05) is 48.5 Å². The van der Waals surface area contributed by atoms with Gasteiger partial charge in [0, 0.05) is 23.9 Å². The molecule has 2 heterocycles. The number of carbonyl (C=O) groups excluding carboxylic acids is 2. The van der Waals surface area contributed by atoms with Gasteiger partial charge in [-0.3, -0.25) is 9.69 Å². The quantitative estimate of drug-likeness (QED) is 0.427. The molecule has 1 aromatic heterocycles. The van der Waals surface area contributed by atoms with E-state index in [1.165, 1.54) is 4.90 Å². The van der Waals surface area contributed by atoms with Gasteiger partial charge in [0.15, 0.2) is 0 Å². The van der Waals surface area contributed by atoms with Gasteiger partial charge in [-0.05, 0) is 65.3 Å². The Morgan fingerprint density at radius 3 is 2.58 bits per heavy atom. The summed E-state index contributed by atoms with van der Waals surface area (Å²) in [5, 5.41) is 4.11. The lowest BCUT2D eigenvalue weighted by Crippen LogP contribution is -2.43. The van der Waals surface area contributed by atoms with Gasteiger partial charge in [0.25, 0.3) is 0 Å². The van der Waals surface area contributed by atoms with E-state index < -0.39 is 12.1 Å². The molecule has 1 aliphatic heterocycles. The van der Waals surface area contributed by atoms with Crippen LogP contribution in [0.3, 0.4) is 0 Å². The first kappa shape index (κ1) is 20.8. The molecule has 0 saturated carbocycles. The molecule has 3 aromatic carbocycles. The number of nitrogens with zero attached hydrogens (tertiary/aromatic N) is 1. The fourth-order valence-corrected chi connectivity index (χ4v) is 4.26. The van der Waals surface area contributed by atoms with Gasteiger partial charge in [0.1, 0.15) is 12.6 Å². The predicted octanol–water partition coefficient (Wildman–Crippen LogP) is 5.57. The van der Waals surface area contributed by atoms with Gasteiger partial charge in [-0.25, -0.2) is 4.79 Å². The van der Waals surface area contributed by atoms with Crippen molar-refractivity contribution in [1.82, 2.24) is 9.88 Å². The molecule has 0 aliphatic carbocycles. The van der Waals surface area contributed by atoms with E-state index in [1.54, 1.807) is 0 Å². The Morgan fingerprint density at radius 1 is 0.970 bits per heavy atom. The highest BCUT2D eigenvalue weighted by Gasteiger charge is 2.35. The van der Waals surface area contributed by atoms with Crippen molar-refractivity contribution >= 4 is 28.6 Å². The van der Waals surface area contributed by atoms with E-state index >= 15 is 0 Å². The number of aromatic amines is 1. The maximum absolute atomic E-state index is 12.9. The van der Waals surface area contributed by atoms with Gasteiger partial charge in [-0.2, -0.15) is 0 Å². The zero-order chi connectivity index (χ0) is 22.6. The molecule has 2 N–H and O–H groups in total. The number of benzene rings is 3. The molecule has 4 aromatic rings. The Bertz CT molecular complexity index is 1260. The maximum Gasteiger partial charge on any atom is 0.410 e. The van der Waals surface area contributed by atoms with Crippen molar-refractivity contribution in [2.75, 3.05) is 11.9 Å². The van der Waals surface area contributed by atoms with Gasteiger partial charge >= 0.3 is 6.09 Å². The minimum atomic E-state index is -0.524. The van der Waals surface area contributed by atoms with Crippen LogP contribution in [0.15, 0.2) is 85.1 Å². The largest absolute Gasteiger partial charge is 0.445 e. The third-order valence-corrected chi connectivity index (χ3v) is 6.03. The number of amides is 2. The zero-order valence-corrected chi connectivity index (χ0v) is 18.2. The van der Waals surface area contributed by atoms with Crippen molar-refractivity contribution < 1.29 is 14.3 Å². The first-order valence-corrected chi connectivity index (χ1v) is 11.1. The van der Waals surface area contributed by atoms with Gasteiger partial charge in [0.05, 0.1) is 0 Å². The molecule has 0 bridgehead atoms. The minimum Gasteiger partial charge on any atom is -0.445 e.